The highest BCUT2D eigenvalue weighted by Crippen LogP contribution is 1.40. The number of hydrogen-bond donors (Lipinski definition) is 2. The van der Waals surface area contributed by atoms with Crippen LogP contribution in [0.4, 0.5) is 0 Å². The molecule has 0 spiro atoms. The van der Waals surface area contributed by atoms with Gasteiger partial charge in [0.05, 0.1) is 0 Å². The van der Waals surface area contributed by atoms with Crippen LogP contribution in [0.2, 0.25) is 0 Å². The average Bonchev–Trinajstić information content (AvgIpc) is 1.69. The summed E-state index contributed by atoms with van der Waals surface area (Å²) in [5.41, 5.74) is 4.91. The first-order valence-corrected chi connectivity index (χ1v) is 1.72. The third kappa shape index (κ3) is 1800. The Morgan fingerprint density at radius 1 is 1.86 bits per heavy atom. The van der Waals surface area contributed by atoms with Crippen LogP contribution in [0.3, 0.4) is 0 Å². The van der Waals surface area contributed by atoms with Crippen LogP contribution in [0.15, 0.2) is 12.7 Å². The van der Waals surface area contributed by atoms with Crippen LogP contribution in [-0.2, 0) is 4.79 Å². The number of carbonyl (C=O) groups is 1. The molecule has 0 amide bonds. The molecule has 0 rings (SSSR count). The van der Waals surface area contributed by atoms with Gasteiger partial charge in [-0.05, 0) is 0 Å². The van der Waals surface area contributed by atoms with E-state index in [0.717, 1.165) is 0 Å². The molecule has 0 aromatic rings. The van der Waals surface area contributed by atoms with E-state index >= 15 is 0 Å². The van der Waals surface area contributed by atoms with E-state index in [1.54, 1.807) is 6.08 Å². The summed E-state index contributed by atoms with van der Waals surface area (Å²) < 4.78 is 0. The van der Waals surface area contributed by atoms with Gasteiger partial charge in [0.1, 0.15) is 0 Å². The summed E-state index contributed by atoms with van der Waals surface area (Å²) in [6.07, 6.45) is 1.65. The molecule has 3 N–H and O–H groups in total. The van der Waals surface area contributed by atoms with Crippen LogP contribution in [-0.4, -0.2) is 18.1 Å². The molecule has 0 heterocycles. The molecule has 7 heavy (non-hydrogen) atoms. The van der Waals surface area contributed by atoms with Crippen molar-refractivity contribution in [3.05, 3.63) is 12.7 Å². The Kier molecular flexibility index (Phi) is 25.9. The second kappa shape index (κ2) is 19.1. The minimum absolute atomic E-state index is 0.250. The Labute approximate surface area is 42.4 Å². The summed E-state index contributed by atoms with van der Waals surface area (Å²) in [5.74, 6) is 0. The van der Waals surface area contributed by atoms with Gasteiger partial charge in [0.15, 0.2) is 0 Å². The lowest BCUT2D eigenvalue weighted by atomic mass is 10.7. The first-order valence-electron chi connectivity index (χ1n) is 1.72. The van der Waals surface area contributed by atoms with E-state index in [0.29, 0.717) is 6.54 Å². The zero-order valence-corrected chi connectivity index (χ0v) is 4.00. The predicted octanol–water partition coefficient (Wildman–Crippen LogP) is -0.168. The lowest BCUT2D eigenvalue weighted by Crippen LogP contribution is -1.90. The van der Waals surface area contributed by atoms with E-state index in [4.69, 9.17) is 15.6 Å². The highest BCUT2D eigenvalue weighted by molar-refractivity contribution is 5.32. The summed E-state index contributed by atoms with van der Waals surface area (Å²) in [4.78, 5) is 8.36. The van der Waals surface area contributed by atoms with Gasteiger partial charge in [0, 0.05) is 6.54 Å². The summed E-state index contributed by atoms with van der Waals surface area (Å²) in [6.45, 7) is 3.69. The fourth-order valence-corrected chi connectivity index (χ4v) is 0. The summed E-state index contributed by atoms with van der Waals surface area (Å²) in [6, 6.07) is 0. The van der Waals surface area contributed by atoms with E-state index in [9.17, 15) is 0 Å². The molecule has 0 bridgehead atoms. The van der Waals surface area contributed by atoms with Crippen LogP contribution in [0.1, 0.15) is 0 Å². The zero-order chi connectivity index (χ0) is 6.12. The van der Waals surface area contributed by atoms with Crippen LogP contribution < -0.4 is 5.73 Å². The van der Waals surface area contributed by atoms with Gasteiger partial charge < -0.3 is 10.8 Å². The van der Waals surface area contributed by atoms with Gasteiger partial charge in [-0.1, -0.05) is 6.08 Å². The number of carboxylic acid groups (broad SMARTS) is 1. The topological polar surface area (TPSA) is 63.3 Å². The fourth-order valence-electron chi connectivity index (χ4n) is 0. The van der Waals surface area contributed by atoms with E-state index < -0.39 is 0 Å². The molecule has 0 atom stereocenters. The third-order valence-corrected chi connectivity index (χ3v) is 0.167. The van der Waals surface area contributed by atoms with Gasteiger partial charge in [0.25, 0.3) is 6.47 Å². The van der Waals surface area contributed by atoms with Crippen LogP contribution in [0, 0.1) is 0 Å². The van der Waals surface area contributed by atoms with Crippen molar-refractivity contribution in [1.82, 2.24) is 0 Å². The Bertz CT molecular complexity index is 45.0. The van der Waals surface area contributed by atoms with Gasteiger partial charge in [-0.3, -0.25) is 4.79 Å². The van der Waals surface area contributed by atoms with Gasteiger partial charge in [0.2, 0.25) is 0 Å². The molecule has 3 nitrogen and oxygen atoms in total. The SMILES string of the molecule is C=CCN.O=CO. The molecule has 0 aliphatic rings. The molecule has 42 valence electrons. The van der Waals surface area contributed by atoms with Gasteiger partial charge in [-0.15, -0.1) is 6.58 Å². The molecule has 0 radical (unpaired) electrons. The molecule has 0 fully saturated rings. The Morgan fingerprint density at radius 3 is 2.00 bits per heavy atom. The number of nitrogens with two attached hydrogens (primary N) is 1. The summed E-state index contributed by atoms with van der Waals surface area (Å²) in [7, 11) is 0. The first kappa shape index (κ1) is 9.48. The Morgan fingerprint density at radius 2 is 2.00 bits per heavy atom. The lowest BCUT2D eigenvalue weighted by molar-refractivity contribution is -0.122. The minimum atomic E-state index is -0.250. The maximum absolute atomic E-state index is 8.36. The number of hydrogen-bond acceptors (Lipinski definition) is 2. The lowest BCUT2D eigenvalue weighted by Gasteiger charge is -1.61. The second-order valence-corrected chi connectivity index (χ2v) is 0.630. The molecule has 0 aromatic heterocycles. The predicted molar refractivity (Wildman–Crippen MR) is 27.9 cm³/mol. The van der Waals surface area contributed by atoms with Crippen LogP contribution in [0.25, 0.3) is 0 Å². The van der Waals surface area contributed by atoms with Gasteiger partial charge in [-0.2, -0.15) is 0 Å². The van der Waals surface area contributed by atoms with E-state index in [2.05, 4.69) is 6.58 Å². The van der Waals surface area contributed by atoms with E-state index in [-0.39, 0.29) is 6.47 Å². The largest absolute Gasteiger partial charge is 0.483 e. The standard InChI is InChI=1S/C3H7N.CH2O2/c1-2-3-4;2-1-3/h2H,1,3-4H2;1H,(H,2,3). The van der Waals surface area contributed by atoms with Crippen LogP contribution >= 0.6 is 0 Å². The summed E-state index contributed by atoms with van der Waals surface area (Å²) in [5, 5.41) is 6.89. The minimum Gasteiger partial charge on any atom is -0.483 e. The van der Waals surface area contributed by atoms with Gasteiger partial charge >= 0.3 is 0 Å². The normalized spacial score (nSPS) is 5.29. The highest BCUT2D eigenvalue weighted by Gasteiger charge is 1.43. The molecule has 0 aliphatic carbocycles. The van der Waals surface area contributed by atoms with E-state index in [1.165, 1.54) is 0 Å². The van der Waals surface area contributed by atoms with Crippen molar-refractivity contribution in [3.8, 4) is 0 Å². The Hall–Kier alpha value is -0.830. The maximum atomic E-state index is 8.36. The average molecular weight is 103 g/mol. The Balaban J connectivity index is 0. The third-order valence-electron chi connectivity index (χ3n) is 0.167. The molecule has 3 heteroatoms. The molecule has 0 saturated heterocycles. The maximum Gasteiger partial charge on any atom is 0.290 e. The van der Waals surface area contributed by atoms with Crippen molar-refractivity contribution in [3.63, 3.8) is 0 Å². The van der Waals surface area contributed by atoms with Crippen molar-refractivity contribution < 1.29 is 9.90 Å². The molecular formula is C4H9NO2. The first-order chi connectivity index (χ1) is 3.33. The van der Waals surface area contributed by atoms with Crippen molar-refractivity contribution in [2.75, 3.05) is 6.54 Å². The van der Waals surface area contributed by atoms with Crippen molar-refractivity contribution >= 4 is 6.47 Å². The second-order valence-electron chi connectivity index (χ2n) is 0.630. The van der Waals surface area contributed by atoms with Crippen LogP contribution in [0.5, 0.6) is 0 Å². The summed E-state index contributed by atoms with van der Waals surface area (Å²) >= 11 is 0. The molecule has 0 aliphatic heterocycles. The van der Waals surface area contributed by atoms with Crippen molar-refractivity contribution in [2.24, 2.45) is 5.73 Å². The van der Waals surface area contributed by atoms with E-state index in [1.807, 2.05) is 0 Å². The highest BCUT2D eigenvalue weighted by atomic mass is 16.3. The molecule has 0 aromatic carbocycles. The van der Waals surface area contributed by atoms with Crippen molar-refractivity contribution in [1.29, 1.82) is 0 Å². The quantitative estimate of drug-likeness (QED) is 0.358. The molecular weight excluding hydrogens is 94.0 g/mol. The monoisotopic (exact) mass is 103 g/mol. The zero-order valence-electron chi connectivity index (χ0n) is 4.00. The van der Waals surface area contributed by atoms with Crippen molar-refractivity contribution in [2.45, 2.75) is 0 Å². The molecule has 0 unspecified atom stereocenters. The number of rotatable bonds is 1. The molecule has 0 saturated carbocycles. The van der Waals surface area contributed by atoms with Gasteiger partial charge in [-0.25, -0.2) is 0 Å². The fraction of sp³-hybridized carbons (Fsp3) is 0.250. The smallest absolute Gasteiger partial charge is 0.290 e.